The molecule has 7 heteroatoms. The van der Waals surface area contributed by atoms with Crippen LogP contribution >= 0.6 is 0 Å². The van der Waals surface area contributed by atoms with E-state index in [-0.39, 0.29) is 18.5 Å². The molecular weight excluding hydrogens is 235 g/mol. The smallest absolute Gasteiger partial charge is 0.391 e. The lowest BCUT2D eigenvalue weighted by Gasteiger charge is -2.26. The van der Waals surface area contributed by atoms with Crippen molar-refractivity contribution in [3.63, 3.8) is 0 Å². The minimum atomic E-state index is -4.28. The van der Waals surface area contributed by atoms with Gasteiger partial charge in [0.15, 0.2) is 0 Å². The van der Waals surface area contributed by atoms with E-state index in [1.165, 1.54) is 17.4 Å². The average Bonchev–Trinajstić information content (AvgIpc) is 3.08. The molecule has 4 nitrogen and oxygen atoms in total. The van der Waals surface area contributed by atoms with Crippen molar-refractivity contribution in [1.29, 1.82) is 0 Å². The molecule has 1 saturated carbocycles. The van der Waals surface area contributed by atoms with E-state index in [1.807, 2.05) is 0 Å². The summed E-state index contributed by atoms with van der Waals surface area (Å²) in [5.74, 6) is 0.183. The van der Waals surface area contributed by atoms with Crippen molar-refractivity contribution in [3.8, 4) is 0 Å². The van der Waals surface area contributed by atoms with Gasteiger partial charge in [0.25, 0.3) is 0 Å². The van der Waals surface area contributed by atoms with Crippen LogP contribution < -0.4 is 4.90 Å². The van der Waals surface area contributed by atoms with Crippen molar-refractivity contribution in [2.24, 2.45) is 0 Å². The van der Waals surface area contributed by atoms with E-state index in [0.717, 1.165) is 12.8 Å². The summed E-state index contributed by atoms with van der Waals surface area (Å²) in [4.78, 5) is 8.75. The summed E-state index contributed by atoms with van der Waals surface area (Å²) in [7, 11) is 0. The number of hydrogen-bond donors (Lipinski definition) is 1. The maximum absolute atomic E-state index is 12.5. The van der Waals surface area contributed by atoms with Gasteiger partial charge in [0, 0.05) is 17.8 Å². The Hall–Kier alpha value is -1.37. The van der Waals surface area contributed by atoms with Crippen LogP contribution in [-0.2, 0) is 6.61 Å². The third kappa shape index (κ3) is 3.06. The first-order valence-electron chi connectivity index (χ1n) is 5.24. The van der Waals surface area contributed by atoms with Crippen LogP contribution in [0.1, 0.15) is 18.4 Å². The second kappa shape index (κ2) is 4.48. The SMILES string of the molecule is OCc1cncnc1N(CC(F)(F)F)C1CC1. The second-order valence-electron chi connectivity index (χ2n) is 4.00. The quantitative estimate of drug-likeness (QED) is 0.876. The summed E-state index contributed by atoms with van der Waals surface area (Å²) in [6, 6.07) is -0.128. The maximum atomic E-state index is 12.5. The summed E-state index contributed by atoms with van der Waals surface area (Å²) in [6.07, 6.45) is -0.287. The maximum Gasteiger partial charge on any atom is 0.405 e. The summed E-state index contributed by atoms with van der Waals surface area (Å²) < 4.78 is 37.4. The van der Waals surface area contributed by atoms with Gasteiger partial charge >= 0.3 is 6.18 Å². The van der Waals surface area contributed by atoms with Gasteiger partial charge in [-0.2, -0.15) is 13.2 Å². The van der Waals surface area contributed by atoms with E-state index in [9.17, 15) is 13.2 Å². The Morgan fingerprint density at radius 2 is 2.12 bits per heavy atom. The van der Waals surface area contributed by atoms with Crippen LogP contribution in [-0.4, -0.2) is 33.8 Å². The van der Waals surface area contributed by atoms with E-state index in [1.54, 1.807) is 0 Å². The Labute approximate surface area is 96.1 Å². The zero-order chi connectivity index (χ0) is 12.5. The Morgan fingerprint density at radius 3 is 2.65 bits per heavy atom. The number of aliphatic hydroxyl groups is 1. The van der Waals surface area contributed by atoms with Gasteiger partial charge in [-0.15, -0.1) is 0 Å². The van der Waals surface area contributed by atoms with Gasteiger partial charge < -0.3 is 10.0 Å². The molecule has 1 aliphatic carbocycles. The molecule has 0 radical (unpaired) electrons. The molecule has 1 aliphatic rings. The lowest BCUT2D eigenvalue weighted by atomic mass is 10.3. The highest BCUT2D eigenvalue weighted by atomic mass is 19.4. The fourth-order valence-electron chi connectivity index (χ4n) is 1.68. The molecule has 17 heavy (non-hydrogen) atoms. The Kier molecular flexibility index (Phi) is 3.19. The van der Waals surface area contributed by atoms with Crippen LogP contribution in [0.25, 0.3) is 0 Å². The number of anilines is 1. The fraction of sp³-hybridized carbons (Fsp3) is 0.600. The number of rotatable bonds is 4. The Morgan fingerprint density at radius 1 is 1.41 bits per heavy atom. The predicted octanol–water partition coefficient (Wildman–Crippen LogP) is 1.50. The van der Waals surface area contributed by atoms with E-state index < -0.39 is 12.7 Å². The number of nitrogens with zero attached hydrogens (tertiary/aromatic N) is 3. The van der Waals surface area contributed by atoms with Crippen LogP contribution in [0.5, 0.6) is 0 Å². The predicted molar refractivity (Wildman–Crippen MR) is 54.4 cm³/mol. The van der Waals surface area contributed by atoms with Crippen LogP contribution in [0, 0.1) is 0 Å². The largest absolute Gasteiger partial charge is 0.405 e. The summed E-state index contributed by atoms with van der Waals surface area (Å²) in [5.41, 5.74) is 0.323. The molecule has 1 aromatic heterocycles. The lowest BCUT2D eigenvalue weighted by Crippen LogP contribution is -2.37. The highest BCUT2D eigenvalue weighted by Gasteiger charge is 2.39. The molecule has 0 spiro atoms. The minimum absolute atomic E-state index is 0.128. The molecule has 2 rings (SSSR count). The highest BCUT2D eigenvalue weighted by molar-refractivity contribution is 5.47. The van der Waals surface area contributed by atoms with Gasteiger partial charge in [0.2, 0.25) is 0 Å². The number of aromatic nitrogens is 2. The number of alkyl halides is 3. The molecule has 1 heterocycles. The van der Waals surface area contributed by atoms with E-state index in [4.69, 9.17) is 5.11 Å². The third-order valence-electron chi connectivity index (χ3n) is 2.54. The van der Waals surface area contributed by atoms with Gasteiger partial charge in [-0.1, -0.05) is 0 Å². The molecule has 0 unspecified atom stereocenters. The number of halogens is 3. The summed E-state index contributed by atoms with van der Waals surface area (Å²) in [6.45, 7) is -1.40. The average molecular weight is 247 g/mol. The molecule has 0 saturated heterocycles. The Bertz CT molecular complexity index is 393. The molecule has 0 atom stereocenters. The first-order chi connectivity index (χ1) is 8.01. The second-order valence-corrected chi connectivity index (χ2v) is 4.00. The summed E-state index contributed by atoms with van der Waals surface area (Å²) >= 11 is 0. The van der Waals surface area contributed by atoms with Crippen molar-refractivity contribution < 1.29 is 18.3 Å². The summed E-state index contributed by atoms with van der Waals surface area (Å²) in [5, 5.41) is 9.08. The molecule has 0 aliphatic heterocycles. The lowest BCUT2D eigenvalue weighted by molar-refractivity contribution is -0.120. The van der Waals surface area contributed by atoms with Gasteiger partial charge in [-0.3, -0.25) is 0 Å². The molecule has 1 N–H and O–H groups in total. The van der Waals surface area contributed by atoms with Crippen molar-refractivity contribution in [2.45, 2.75) is 31.7 Å². The van der Waals surface area contributed by atoms with Crippen molar-refractivity contribution >= 4 is 5.82 Å². The molecule has 94 valence electrons. The normalized spacial score (nSPS) is 16.0. The molecule has 0 amide bonds. The zero-order valence-electron chi connectivity index (χ0n) is 8.98. The Balaban J connectivity index is 2.26. The molecular formula is C10H12F3N3O. The van der Waals surface area contributed by atoms with Gasteiger partial charge in [0.1, 0.15) is 18.7 Å². The number of aliphatic hydroxyl groups excluding tert-OH is 1. The molecule has 1 aromatic rings. The number of hydrogen-bond acceptors (Lipinski definition) is 4. The van der Waals surface area contributed by atoms with E-state index in [2.05, 4.69) is 9.97 Å². The van der Waals surface area contributed by atoms with Crippen molar-refractivity contribution in [2.75, 3.05) is 11.4 Å². The van der Waals surface area contributed by atoms with Gasteiger partial charge in [-0.25, -0.2) is 9.97 Å². The van der Waals surface area contributed by atoms with Crippen LogP contribution in [0.4, 0.5) is 19.0 Å². The van der Waals surface area contributed by atoms with E-state index in [0.29, 0.717) is 5.56 Å². The van der Waals surface area contributed by atoms with E-state index >= 15 is 0 Å². The standard InChI is InChI=1S/C10H12F3N3O/c11-10(12,13)5-16(8-1-2-8)9-7(4-17)3-14-6-15-9/h3,6,8,17H,1-2,4-5H2. The third-order valence-corrected chi connectivity index (χ3v) is 2.54. The first-order valence-corrected chi connectivity index (χ1v) is 5.24. The zero-order valence-corrected chi connectivity index (χ0v) is 8.98. The fourth-order valence-corrected chi connectivity index (χ4v) is 1.68. The first kappa shape index (κ1) is 12.1. The molecule has 0 bridgehead atoms. The van der Waals surface area contributed by atoms with Crippen molar-refractivity contribution in [1.82, 2.24) is 9.97 Å². The highest BCUT2D eigenvalue weighted by Crippen LogP contribution is 2.34. The van der Waals surface area contributed by atoms with Gasteiger partial charge in [0.05, 0.1) is 6.61 Å². The minimum Gasteiger partial charge on any atom is -0.391 e. The van der Waals surface area contributed by atoms with Crippen LogP contribution in [0.2, 0.25) is 0 Å². The van der Waals surface area contributed by atoms with Crippen molar-refractivity contribution in [3.05, 3.63) is 18.1 Å². The molecule has 0 aromatic carbocycles. The monoisotopic (exact) mass is 247 g/mol. The van der Waals surface area contributed by atoms with Gasteiger partial charge in [-0.05, 0) is 12.8 Å². The van der Waals surface area contributed by atoms with Crippen LogP contribution in [0.15, 0.2) is 12.5 Å². The van der Waals surface area contributed by atoms with Crippen LogP contribution in [0.3, 0.4) is 0 Å². The topological polar surface area (TPSA) is 49.3 Å². The molecule has 1 fully saturated rings.